The Morgan fingerprint density at radius 2 is 1.89 bits per heavy atom. The van der Waals surface area contributed by atoms with Crippen molar-refractivity contribution < 1.29 is 44.9 Å². The van der Waals surface area contributed by atoms with E-state index in [1.807, 2.05) is 0 Å². The van der Waals surface area contributed by atoms with Crippen LogP contribution in [0.4, 0.5) is 0 Å². The number of aldehydes is 1. The van der Waals surface area contributed by atoms with Gasteiger partial charge in [-0.05, 0) is 0 Å². The summed E-state index contributed by atoms with van der Waals surface area (Å²) in [6, 6.07) is 0. The molecule has 1 rings (SSSR count). The molecule has 1 heterocycles. The molecule has 0 aromatic carbocycles. The fourth-order valence-corrected chi connectivity index (χ4v) is 1.60. The van der Waals surface area contributed by atoms with Crippen LogP contribution in [0.3, 0.4) is 0 Å². The zero-order valence-electron chi connectivity index (χ0n) is 9.94. The molecule has 0 amide bonds. The van der Waals surface area contributed by atoms with E-state index < -0.39 is 49.5 Å². The first kappa shape index (κ1) is 16.4. The molecule has 112 valence electrons. The third-order valence-electron chi connectivity index (χ3n) is 2.81. The maximum Gasteiger partial charge on any atom is 0.186 e. The summed E-state index contributed by atoms with van der Waals surface area (Å²) in [4.78, 5) is 10.3. The third-order valence-corrected chi connectivity index (χ3v) is 2.81. The summed E-state index contributed by atoms with van der Waals surface area (Å²) < 4.78 is 9.89. The molecule has 0 bridgehead atoms. The highest BCUT2D eigenvalue weighted by Crippen LogP contribution is 2.19. The van der Waals surface area contributed by atoms with E-state index in [0.29, 0.717) is 0 Å². The van der Waals surface area contributed by atoms with Crippen LogP contribution in [0.2, 0.25) is 0 Å². The smallest absolute Gasteiger partial charge is 0.186 e. The van der Waals surface area contributed by atoms with Crippen LogP contribution >= 0.6 is 0 Å². The molecule has 0 aromatic rings. The predicted molar refractivity (Wildman–Crippen MR) is 57.8 cm³/mol. The highest BCUT2D eigenvalue weighted by molar-refractivity contribution is 5.56. The van der Waals surface area contributed by atoms with E-state index in [1.54, 1.807) is 0 Å². The van der Waals surface area contributed by atoms with Crippen molar-refractivity contribution in [2.75, 3.05) is 13.2 Å². The summed E-state index contributed by atoms with van der Waals surface area (Å²) >= 11 is 0. The number of aliphatic hydroxyl groups is 6. The molecule has 19 heavy (non-hydrogen) atoms. The molecule has 9 nitrogen and oxygen atoms in total. The van der Waals surface area contributed by atoms with Gasteiger partial charge in [0.2, 0.25) is 0 Å². The van der Waals surface area contributed by atoms with Gasteiger partial charge < -0.3 is 44.9 Å². The monoisotopic (exact) mass is 282 g/mol. The molecule has 0 aromatic heterocycles. The second kappa shape index (κ2) is 7.22. The van der Waals surface area contributed by atoms with E-state index in [1.165, 1.54) is 0 Å². The first-order valence-electron chi connectivity index (χ1n) is 5.66. The van der Waals surface area contributed by atoms with Gasteiger partial charge in [0.05, 0.1) is 13.2 Å². The molecule has 1 aliphatic rings. The van der Waals surface area contributed by atoms with Gasteiger partial charge in [-0.2, -0.15) is 0 Å². The summed E-state index contributed by atoms with van der Waals surface area (Å²) in [5.41, 5.74) is 0. The minimum atomic E-state index is -1.77. The Bertz CT molecular complexity index is 286. The van der Waals surface area contributed by atoms with Crippen molar-refractivity contribution in [1.82, 2.24) is 0 Å². The highest BCUT2D eigenvalue weighted by atomic mass is 16.7. The van der Waals surface area contributed by atoms with Crippen molar-refractivity contribution in [1.29, 1.82) is 0 Å². The zero-order chi connectivity index (χ0) is 14.6. The molecular weight excluding hydrogens is 264 g/mol. The van der Waals surface area contributed by atoms with Gasteiger partial charge in [0.15, 0.2) is 12.6 Å². The normalized spacial score (nSPS) is 36.5. The van der Waals surface area contributed by atoms with Crippen LogP contribution in [0.1, 0.15) is 0 Å². The van der Waals surface area contributed by atoms with Crippen LogP contribution in [-0.4, -0.2) is 93.1 Å². The van der Waals surface area contributed by atoms with Gasteiger partial charge in [0, 0.05) is 0 Å². The SMILES string of the molecule is O=C[C@H](O)[C@H](O)[C@H](CO)O[C@@H]1OC[C@H](O)[C@H](O)[C@H]1O. The third kappa shape index (κ3) is 3.91. The van der Waals surface area contributed by atoms with Crippen LogP contribution in [-0.2, 0) is 14.3 Å². The summed E-state index contributed by atoms with van der Waals surface area (Å²) in [5.74, 6) is 0. The van der Waals surface area contributed by atoms with Gasteiger partial charge in [-0.1, -0.05) is 0 Å². The Morgan fingerprint density at radius 3 is 2.42 bits per heavy atom. The lowest BCUT2D eigenvalue weighted by Gasteiger charge is -2.37. The van der Waals surface area contributed by atoms with E-state index >= 15 is 0 Å². The Morgan fingerprint density at radius 1 is 1.26 bits per heavy atom. The van der Waals surface area contributed by atoms with Gasteiger partial charge >= 0.3 is 0 Å². The van der Waals surface area contributed by atoms with Gasteiger partial charge in [-0.3, -0.25) is 0 Å². The second-order valence-electron chi connectivity index (χ2n) is 4.22. The van der Waals surface area contributed by atoms with Gasteiger partial charge in [0.25, 0.3) is 0 Å². The van der Waals surface area contributed by atoms with Crippen LogP contribution in [0, 0.1) is 0 Å². The first-order chi connectivity index (χ1) is 8.92. The fraction of sp³-hybridized carbons (Fsp3) is 0.900. The second-order valence-corrected chi connectivity index (χ2v) is 4.22. The molecular formula is C10H18O9. The molecule has 0 unspecified atom stereocenters. The van der Waals surface area contributed by atoms with Crippen molar-refractivity contribution in [3.05, 3.63) is 0 Å². The molecule has 6 N–H and O–H groups in total. The van der Waals surface area contributed by atoms with Gasteiger partial charge in [0.1, 0.15) is 36.6 Å². The van der Waals surface area contributed by atoms with Gasteiger partial charge in [-0.15, -0.1) is 0 Å². The van der Waals surface area contributed by atoms with Crippen molar-refractivity contribution in [2.24, 2.45) is 0 Å². The lowest BCUT2D eigenvalue weighted by molar-refractivity contribution is -0.295. The molecule has 7 atom stereocenters. The number of ether oxygens (including phenoxy) is 2. The van der Waals surface area contributed by atoms with Crippen molar-refractivity contribution in [2.45, 2.75) is 42.9 Å². The largest absolute Gasteiger partial charge is 0.394 e. The minimum Gasteiger partial charge on any atom is -0.394 e. The van der Waals surface area contributed by atoms with E-state index in [-0.39, 0.29) is 12.9 Å². The quantitative estimate of drug-likeness (QED) is 0.265. The van der Waals surface area contributed by atoms with Crippen molar-refractivity contribution in [3.8, 4) is 0 Å². The lowest BCUT2D eigenvalue weighted by atomic mass is 10.0. The number of carbonyl (C=O) groups is 1. The zero-order valence-corrected chi connectivity index (χ0v) is 9.94. The molecule has 1 saturated heterocycles. The molecule has 0 radical (unpaired) electrons. The Kier molecular flexibility index (Phi) is 6.23. The summed E-state index contributed by atoms with van der Waals surface area (Å²) in [7, 11) is 0. The standard InChI is InChI=1S/C10H18O9/c11-1-4(13)7(15)6(2-12)19-10-9(17)8(16)5(14)3-18-10/h1,4-10,12-17H,2-3H2/t4-,5-,6-,7-,8-,9+,10-/m0/s1. The molecule has 1 fully saturated rings. The lowest BCUT2D eigenvalue weighted by Crippen LogP contribution is -2.56. The molecule has 0 aliphatic carbocycles. The van der Waals surface area contributed by atoms with Gasteiger partial charge in [-0.25, -0.2) is 0 Å². The van der Waals surface area contributed by atoms with Crippen LogP contribution in [0.15, 0.2) is 0 Å². The summed E-state index contributed by atoms with van der Waals surface area (Å²) in [6.07, 6.45) is -10.6. The van der Waals surface area contributed by atoms with E-state index in [0.717, 1.165) is 0 Å². The number of aliphatic hydroxyl groups excluding tert-OH is 6. The first-order valence-corrected chi connectivity index (χ1v) is 5.66. The predicted octanol–water partition coefficient (Wildman–Crippen LogP) is -4.28. The van der Waals surface area contributed by atoms with E-state index in [2.05, 4.69) is 0 Å². The van der Waals surface area contributed by atoms with Crippen LogP contribution in [0.5, 0.6) is 0 Å². The molecule has 0 spiro atoms. The van der Waals surface area contributed by atoms with Crippen LogP contribution in [0.25, 0.3) is 0 Å². The average Bonchev–Trinajstić information content (AvgIpc) is 2.42. The Hall–Kier alpha value is -0.650. The summed E-state index contributed by atoms with van der Waals surface area (Å²) in [5, 5.41) is 55.8. The van der Waals surface area contributed by atoms with E-state index in [9.17, 15) is 25.2 Å². The van der Waals surface area contributed by atoms with Crippen molar-refractivity contribution in [3.63, 3.8) is 0 Å². The summed E-state index contributed by atoms with van der Waals surface area (Å²) in [6.45, 7) is -1.06. The Balaban J connectivity index is 2.63. The van der Waals surface area contributed by atoms with E-state index in [4.69, 9.17) is 19.7 Å². The minimum absolute atomic E-state index is 0.0629. The number of hydrogen-bond acceptors (Lipinski definition) is 9. The molecule has 9 heteroatoms. The molecule has 1 aliphatic heterocycles. The molecule has 0 saturated carbocycles. The number of rotatable bonds is 6. The average molecular weight is 282 g/mol. The van der Waals surface area contributed by atoms with Crippen LogP contribution < -0.4 is 0 Å². The maximum atomic E-state index is 10.3. The highest BCUT2D eigenvalue weighted by Gasteiger charge is 2.40. The fourth-order valence-electron chi connectivity index (χ4n) is 1.60. The maximum absolute atomic E-state index is 10.3. The number of carbonyl (C=O) groups excluding carboxylic acids is 1. The number of hydrogen-bond donors (Lipinski definition) is 6. The topological polar surface area (TPSA) is 157 Å². The van der Waals surface area contributed by atoms with Crippen molar-refractivity contribution >= 4 is 6.29 Å². The Labute approximate surface area is 108 Å².